The summed E-state index contributed by atoms with van der Waals surface area (Å²) >= 11 is 1.45. The van der Waals surface area contributed by atoms with Crippen molar-refractivity contribution in [3.05, 3.63) is 41.8 Å². The molecule has 338 valence electrons. The largest absolute Gasteiger partial charge is 0.497 e. The van der Waals surface area contributed by atoms with Gasteiger partial charge in [0, 0.05) is 60.9 Å². The van der Waals surface area contributed by atoms with Gasteiger partial charge in [0.2, 0.25) is 21.8 Å². The molecule has 0 radical (unpaired) electrons. The molecule has 5 N–H and O–H groups in total. The molecule has 0 bridgehead atoms. The Labute approximate surface area is 367 Å². The van der Waals surface area contributed by atoms with E-state index in [4.69, 9.17) is 19.4 Å². The van der Waals surface area contributed by atoms with Gasteiger partial charge < -0.3 is 40.7 Å². The van der Waals surface area contributed by atoms with Crippen LogP contribution in [0, 0.1) is 11.3 Å². The van der Waals surface area contributed by atoms with Crippen LogP contribution < -0.4 is 30.7 Å². The number of aliphatic carboxylic acids is 1. The first kappa shape index (κ1) is 46.5. The van der Waals surface area contributed by atoms with Gasteiger partial charge in [-0.1, -0.05) is 45.8 Å². The zero-order valence-corrected chi connectivity index (χ0v) is 38.3. The number of hydrogen-bond acceptors (Lipinski definition) is 12. The number of hydrogen-bond donors (Lipinski definition) is 5. The number of allylic oxidation sites excluding steroid dienone is 1. The number of carboxylic acids is 1. The van der Waals surface area contributed by atoms with E-state index in [0.717, 1.165) is 24.2 Å². The van der Waals surface area contributed by atoms with Crippen molar-refractivity contribution in [2.75, 3.05) is 38.8 Å². The Balaban J connectivity index is 1.33. The first-order valence-corrected chi connectivity index (χ1v) is 23.8. The molecule has 6 rings (SSSR count). The maximum atomic E-state index is 14.8. The molecular formula is C43H60N8O9S2. The van der Waals surface area contributed by atoms with Crippen molar-refractivity contribution in [2.24, 2.45) is 11.3 Å². The van der Waals surface area contributed by atoms with E-state index in [2.05, 4.69) is 21.3 Å². The van der Waals surface area contributed by atoms with Gasteiger partial charge in [0.1, 0.15) is 40.9 Å². The van der Waals surface area contributed by atoms with Crippen molar-refractivity contribution in [3.8, 4) is 22.9 Å². The maximum absolute atomic E-state index is 14.8. The monoisotopic (exact) mass is 896 g/mol. The van der Waals surface area contributed by atoms with Crippen LogP contribution in [0.1, 0.15) is 79.6 Å². The first-order chi connectivity index (χ1) is 29.2. The third-order valence-electron chi connectivity index (χ3n) is 11.7. The van der Waals surface area contributed by atoms with Crippen LogP contribution in [0.25, 0.3) is 22.3 Å². The molecule has 0 unspecified atom stereocenters. The molecule has 1 aromatic carbocycles. The molecular weight excluding hydrogens is 837 g/mol. The van der Waals surface area contributed by atoms with Crippen LogP contribution in [0.2, 0.25) is 0 Å². The molecule has 62 heavy (non-hydrogen) atoms. The fourth-order valence-electron chi connectivity index (χ4n) is 7.85. The number of pyridine rings is 1. The summed E-state index contributed by atoms with van der Waals surface area (Å²) in [6.07, 6.45) is 7.46. The predicted molar refractivity (Wildman–Crippen MR) is 238 cm³/mol. The zero-order chi connectivity index (χ0) is 45.1. The summed E-state index contributed by atoms with van der Waals surface area (Å²) in [4.78, 5) is 66.7. The van der Waals surface area contributed by atoms with Crippen LogP contribution in [0.15, 0.2) is 41.8 Å². The third kappa shape index (κ3) is 10.9. The van der Waals surface area contributed by atoms with Crippen molar-refractivity contribution in [3.63, 3.8) is 0 Å². The first-order valence-electron chi connectivity index (χ1n) is 21.1. The van der Waals surface area contributed by atoms with Gasteiger partial charge in [-0.25, -0.2) is 32.3 Å². The Hall–Kier alpha value is -5.01. The molecule has 2 fully saturated rings. The van der Waals surface area contributed by atoms with Gasteiger partial charge in [-0.3, -0.25) is 9.59 Å². The number of rotatable bonds is 12. The summed E-state index contributed by atoms with van der Waals surface area (Å²) in [6.45, 7) is 9.64. The second-order valence-corrected chi connectivity index (χ2v) is 20.9. The van der Waals surface area contributed by atoms with E-state index in [9.17, 15) is 32.7 Å². The van der Waals surface area contributed by atoms with Crippen molar-refractivity contribution in [2.45, 2.75) is 115 Å². The van der Waals surface area contributed by atoms with Gasteiger partial charge in [-0.2, -0.15) is 0 Å². The predicted octanol–water partition coefficient (Wildman–Crippen LogP) is 4.99. The number of sulfonamides is 1. The molecule has 17 nitrogen and oxygen atoms in total. The Morgan fingerprint density at radius 3 is 2.56 bits per heavy atom. The Morgan fingerprint density at radius 1 is 1.13 bits per heavy atom. The number of carboxylic acid groups (broad SMARTS) is 1. The van der Waals surface area contributed by atoms with E-state index in [1.54, 1.807) is 25.3 Å². The highest BCUT2D eigenvalue weighted by molar-refractivity contribution is 7.88. The van der Waals surface area contributed by atoms with Gasteiger partial charge in [0.15, 0.2) is 5.13 Å². The van der Waals surface area contributed by atoms with Crippen molar-refractivity contribution in [1.29, 1.82) is 0 Å². The van der Waals surface area contributed by atoms with Crippen LogP contribution in [-0.4, -0.2) is 126 Å². The zero-order valence-electron chi connectivity index (χ0n) is 36.7. The smallest absolute Gasteiger partial charge is 0.330 e. The Morgan fingerprint density at radius 2 is 1.89 bits per heavy atom. The molecule has 1 aliphatic carbocycles. The minimum absolute atomic E-state index is 0.00174. The number of benzene rings is 1. The summed E-state index contributed by atoms with van der Waals surface area (Å²) < 4.78 is 38.0. The fourth-order valence-corrected chi connectivity index (χ4v) is 9.12. The minimum Gasteiger partial charge on any atom is -0.497 e. The molecule has 6 atom stereocenters. The van der Waals surface area contributed by atoms with Crippen molar-refractivity contribution in [1.82, 2.24) is 35.1 Å². The van der Waals surface area contributed by atoms with Crippen LogP contribution in [0.5, 0.6) is 11.5 Å². The Bertz CT molecular complexity index is 2290. The van der Waals surface area contributed by atoms with Gasteiger partial charge >= 0.3 is 12.0 Å². The molecule has 19 heteroatoms. The van der Waals surface area contributed by atoms with E-state index in [0.29, 0.717) is 46.6 Å². The highest BCUT2D eigenvalue weighted by atomic mass is 32.2. The lowest BCUT2D eigenvalue weighted by Crippen LogP contribution is -2.59. The summed E-state index contributed by atoms with van der Waals surface area (Å²) in [5.74, 6) is -1.68. The number of aromatic nitrogens is 2. The van der Waals surface area contributed by atoms with Gasteiger partial charge in [-0.15, -0.1) is 11.3 Å². The second kappa shape index (κ2) is 18.8. The van der Waals surface area contributed by atoms with Crippen LogP contribution >= 0.6 is 11.3 Å². The topological polar surface area (TPSA) is 221 Å². The van der Waals surface area contributed by atoms with E-state index in [1.807, 2.05) is 58.2 Å². The molecule has 0 spiro atoms. The lowest BCUT2D eigenvalue weighted by atomic mass is 9.87. The highest BCUT2D eigenvalue weighted by Gasteiger charge is 2.61. The minimum atomic E-state index is -3.55. The normalized spacial score (nSPS) is 24.6. The van der Waals surface area contributed by atoms with Crippen LogP contribution in [-0.2, 0) is 24.4 Å². The molecule has 4 amide bonds. The van der Waals surface area contributed by atoms with E-state index >= 15 is 0 Å². The van der Waals surface area contributed by atoms with Crippen molar-refractivity contribution >= 4 is 61.2 Å². The number of likely N-dealkylation sites (N-methyl/N-ethyl adjacent to an activating group) is 1. The van der Waals surface area contributed by atoms with E-state index < -0.39 is 74.9 Å². The molecule has 2 aromatic heterocycles. The summed E-state index contributed by atoms with van der Waals surface area (Å²) in [7, 11) is -0.551. The summed E-state index contributed by atoms with van der Waals surface area (Å²) in [5, 5.41) is 25.5. The average molecular weight is 897 g/mol. The van der Waals surface area contributed by atoms with Gasteiger partial charge in [0.05, 0.1) is 31.1 Å². The number of carbonyl (C=O) groups excluding carboxylic acids is 3. The van der Waals surface area contributed by atoms with E-state index in [1.165, 1.54) is 27.6 Å². The van der Waals surface area contributed by atoms with Gasteiger partial charge in [-0.05, 0) is 57.1 Å². The highest BCUT2D eigenvalue weighted by Crippen LogP contribution is 2.45. The summed E-state index contributed by atoms with van der Waals surface area (Å²) in [5.41, 5.74) is -0.330. The third-order valence-corrected chi connectivity index (χ3v) is 13.8. The number of ether oxygens (including phenoxy) is 2. The number of methoxy groups -OCH3 is 1. The standard InChI is InChI=1S/C43H60N8O9S2/c1-25(2)44-41-47-33(24-61-41)32-20-35(29-17-16-27(59-7)18-31(29)45-32)60-28-19-34-37(52)49-43(39(54)55)21-26(43)14-12-10-9-11-13-15-30(38(53)51(34)22-28)46-40(56)48-36(42(3,4)5)23-50(6)62(8,57)58/h12,14,16-18,20,24-26,28,30,34,36H,9-11,13,15,19,21-23H2,1-8H3,(H,44,47)(H,49,52)(H,54,55)(H2,46,48,56)/b14-12-/t26-,28-,30-,34+,36-,43-/m1/s1. The number of nitrogens with one attached hydrogen (secondary N) is 4. The van der Waals surface area contributed by atoms with E-state index in [-0.39, 0.29) is 38.4 Å². The number of amides is 4. The Kier molecular flexibility index (Phi) is 14.1. The van der Waals surface area contributed by atoms with Crippen LogP contribution in [0.3, 0.4) is 0 Å². The maximum Gasteiger partial charge on any atom is 0.330 e. The molecule has 4 heterocycles. The lowest BCUT2D eigenvalue weighted by molar-refractivity contribution is -0.145. The lowest BCUT2D eigenvalue weighted by Gasteiger charge is -2.35. The number of thiazole rings is 1. The number of nitrogens with zero attached hydrogens (tertiary/aromatic N) is 4. The number of urea groups is 1. The molecule has 1 saturated heterocycles. The molecule has 3 aliphatic rings. The number of anilines is 1. The SMILES string of the molecule is COc1ccc2c(O[C@@H]3C[C@H]4C(=O)N[C@]5(C(=O)O)C[C@H]5/C=C\CCCCC[C@@H](NC(=O)N[C@H](CN(C)S(C)(=O)=O)C(C)(C)C)C(=O)N4C3)cc(-c3csc(NC(C)C)n3)nc2c1. The number of fused-ring (bicyclic) bond motifs is 3. The molecule has 1 saturated carbocycles. The molecule has 3 aromatic rings. The van der Waals surface area contributed by atoms with Crippen LogP contribution in [0.4, 0.5) is 9.93 Å². The average Bonchev–Trinajstić information content (AvgIpc) is 3.46. The van der Waals surface area contributed by atoms with Crippen molar-refractivity contribution < 1.29 is 42.2 Å². The quantitative estimate of drug-likeness (QED) is 0.152. The fraction of sp³-hybridized carbons (Fsp3) is 0.581. The second-order valence-electron chi connectivity index (χ2n) is 18.0. The van der Waals surface area contributed by atoms with Gasteiger partial charge in [0.25, 0.3) is 0 Å². The molecule has 2 aliphatic heterocycles. The summed E-state index contributed by atoms with van der Waals surface area (Å²) in [6, 6.07) is 3.86. The number of carbonyl (C=O) groups is 4.